The van der Waals surface area contributed by atoms with Gasteiger partial charge in [-0.2, -0.15) is 0 Å². The van der Waals surface area contributed by atoms with Gasteiger partial charge in [0.2, 0.25) is 0 Å². The van der Waals surface area contributed by atoms with Crippen molar-refractivity contribution >= 4 is 28.3 Å². The van der Waals surface area contributed by atoms with Crippen LogP contribution in [0.15, 0.2) is 60.7 Å². The molecular weight excluding hydrogens is 336 g/mol. The number of fused-ring (bicyclic) bond motifs is 1. The highest BCUT2D eigenvalue weighted by Gasteiger charge is 2.32. The van der Waals surface area contributed by atoms with E-state index in [0.29, 0.717) is 17.7 Å². The van der Waals surface area contributed by atoms with Crippen molar-refractivity contribution in [3.8, 4) is 0 Å². The molecule has 0 aliphatic carbocycles. The SMILES string of the molecule is O=C1c2cccc3cccc(c23)C(=O)N1CCCN1CCc2ccccc21. The lowest BCUT2D eigenvalue weighted by atomic mass is 9.94. The van der Waals surface area contributed by atoms with E-state index in [1.807, 2.05) is 36.4 Å². The van der Waals surface area contributed by atoms with Crippen LogP contribution in [0.2, 0.25) is 0 Å². The Morgan fingerprint density at radius 3 is 2.22 bits per heavy atom. The van der Waals surface area contributed by atoms with Crippen LogP contribution in [0.5, 0.6) is 0 Å². The van der Waals surface area contributed by atoms with Gasteiger partial charge in [-0.05, 0) is 42.0 Å². The van der Waals surface area contributed by atoms with Crippen molar-refractivity contribution in [1.82, 2.24) is 4.90 Å². The number of para-hydroxylation sites is 1. The van der Waals surface area contributed by atoms with Crippen molar-refractivity contribution < 1.29 is 9.59 Å². The number of anilines is 1. The normalized spacial score (nSPS) is 15.6. The lowest BCUT2D eigenvalue weighted by Gasteiger charge is -2.28. The number of amides is 2. The zero-order chi connectivity index (χ0) is 18.4. The van der Waals surface area contributed by atoms with E-state index < -0.39 is 0 Å². The van der Waals surface area contributed by atoms with Crippen molar-refractivity contribution in [3.05, 3.63) is 77.4 Å². The van der Waals surface area contributed by atoms with Gasteiger partial charge in [0.25, 0.3) is 11.8 Å². The van der Waals surface area contributed by atoms with Gasteiger partial charge in [-0.3, -0.25) is 14.5 Å². The number of rotatable bonds is 4. The predicted octanol–water partition coefficient (Wildman–Crippen LogP) is 3.89. The Morgan fingerprint density at radius 2 is 1.48 bits per heavy atom. The molecule has 5 rings (SSSR count). The van der Waals surface area contributed by atoms with Crippen LogP contribution >= 0.6 is 0 Å². The Hall–Kier alpha value is -3.14. The summed E-state index contributed by atoms with van der Waals surface area (Å²) in [4.78, 5) is 29.6. The molecule has 0 unspecified atom stereocenters. The fourth-order valence-corrected chi connectivity index (χ4v) is 4.34. The molecule has 3 aromatic rings. The second-order valence-corrected chi connectivity index (χ2v) is 7.19. The van der Waals surface area contributed by atoms with Gasteiger partial charge in [0.15, 0.2) is 0 Å². The molecule has 0 aromatic heterocycles. The second kappa shape index (κ2) is 6.23. The topological polar surface area (TPSA) is 40.6 Å². The maximum Gasteiger partial charge on any atom is 0.261 e. The summed E-state index contributed by atoms with van der Waals surface area (Å²) in [5, 5.41) is 1.74. The van der Waals surface area contributed by atoms with Crippen LogP contribution in [0.4, 0.5) is 5.69 Å². The van der Waals surface area contributed by atoms with E-state index in [2.05, 4.69) is 29.2 Å². The van der Waals surface area contributed by atoms with Crippen LogP contribution in [-0.4, -0.2) is 36.3 Å². The van der Waals surface area contributed by atoms with E-state index in [9.17, 15) is 9.59 Å². The van der Waals surface area contributed by atoms with Crippen molar-refractivity contribution in [2.75, 3.05) is 24.5 Å². The smallest absolute Gasteiger partial charge is 0.261 e. The van der Waals surface area contributed by atoms with Crippen molar-refractivity contribution in [2.45, 2.75) is 12.8 Å². The minimum absolute atomic E-state index is 0.175. The number of benzene rings is 3. The van der Waals surface area contributed by atoms with Gasteiger partial charge in [-0.25, -0.2) is 0 Å². The van der Waals surface area contributed by atoms with Crippen molar-refractivity contribution in [2.24, 2.45) is 0 Å². The number of hydrogen-bond acceptors (Lipinski definition) is 3. The molecule has 0 saturated heterocycles. The molecule has 3 aromatic carbocycles. The zero-order valence-electron chi connectivity index (χ0n) is 15.0. The van der Waals surface area contributed by atoms with E-state index >= 15 is 0 Å². The molecular formula is C23H20N2O2. The largest absolute Gasteiger partial charge is 0.371 e. The average molecular weight is 356 g/mol. The molecule has 2 amide bonds. The fraction of sp³-hybridized carbons (Fsp3) is 0.217. The van der Waals surface area contributed by atoms with Gasteiger partial charge in [0, 0.05) is 41.8 Å². The Morgan fingerprint density at radius 1 is 0.778 bits per heavy atom. The first-order chi connectivity index (χ1) is 13.2. The van der Waals surface area contributed by atoms with Crippen LogP contribution in [-0.2, 0) is 6.42 Å². The van der Waals surface area contributed by atoms with Gasteiger partial charge in [0.05, 0.1) is 0 Å². The third-order valence-corrected chi connectivity index (χ3v) is 5.65. The summed E-state index contributed by atoms with van der Waals surface area (Å²) in [5.41, 5.74) is 3.93. The lowest BCUT2D eigenvalue weighted by Crippen LogP contribution is -2.41. The molecule has 27 heavy (non-hydrogen) atoms. The molecule has 0 radical (unpaired) electrons. The van der Waals surface area contributed by atoms with Crippen LogP contribution in [0.1, 0.15) is 32.7 Å². The highest BCUT2D eigenvalue weighted by Crippen LogP contribution is 2.31. The van der Waals surface area contributed by atoms with E-state index in [-0.39, 0.29) is 11.8 Å². The summed E-state index contributed by atoms with van der Waals surface area (Å²) in [7, 11) is 0. The zero-order valence-corrected chi connectivity index (χ0v) is 15.0. The summed E-state index contributed by atoms with van der Waals surface area (Å²) in [6.07, 6.45) is 1.83. The Bertz CT molecular complexity index is 1020. The van der Waals surface area contributed by atoms with E-state index in [4.69, 9.17) is 0 Å². The summed E-state index contributed by atoms with van der Waals surface area (Å²) >= 11 is 0. The van der Waals surface area contributed by atoms with Gasteiger partial charge >= 0.3 is 0 Å². The summed E-state index contributed by atoms with van der Waals surface area (Å²) in [5.74, 6) is -0.350. The molecule has 4 heteroatoms. The highest BCUT2D eigenvalue weighted by molar-refractivity contribution is 6.25. The summed E-state index contributed by atoms with van der Waals surface area (Å²) in [6.45, 7) is 2.30. The predicted molar refractivity (Wildman–Crippen MR) is 106 cm³/mol. The van der Waals surface area contributed by atoms with Gasteiger partial charge in [-0.1, -0.05) is 42.5 Å². The lowest BCUT2D eigenvalue weighted by molar-refractivity contribution is 0.0609. The van der Waals surface area contributed by atoms with E-state index in [1.165, 1.54) is 16.2 Å². The molecule has 0 spiro atoms. The van der Waals surface area contributed by atoms with Crippen molar-refractivity contribution in [1.29, 1.82) is 0 Å². The Labute approximate surface area is 158 Å². The monoisotopic (exact) mass is 356 g/mol. The number of carbonyl (C=O) groups excluding carboxylic acids is 2. The highest BCUT2D eigenvalue weighted by atomic mass is 16.2. The average Bonchev–Trinajstić information content (AvgIpc) is 3.12. The maximum absolute atomic E-state index is 12.9. The van der Waals surface area contributed by atoms with E-state index in [0.717, 1.165) is 36.7 Å². The van der Waals surface area contributed by atoms with Crippen LogP contribution in [0.25, 0.3) is 10.8 Å². The molecule has 2 heterocycles. The molecule has 0 fully saturated rings. The first-order valence-corrected chi connectivity index (χ1v) is 9.45. The molecule has 2 aliphatic heterocycles. The number of imide groups is 1. The number of hydrogen-bond donors (Lipinski definition) is 0. The fourth-order valence-electron chi connectivity index (χ4n) is 4.34. The molecule has 134 valence electrons. The summed E-state index contributed by atoms with van der Waals surface area (Å²) in [6, 6.07) is 19.8. The third-order valence-electron chi connectivity index (χ3n) is 5.65. The van der Waals surface area contributed by atoms with Gasteiger partial charge in [0.1, 0.15) is 0 Å². The van der Waals surface area contributed by atoms with Crippen LogP contribution in [0.3, 0.4) is 0 Å². The minimum atomic E-state index is -0.175. The summed E-state index contributed by atoms with van der Waals surface area (Å²) < 4.78 is 0. The molecule has 0 atom stereocenters. The molecule has 2 aliphatic rings. The third kappa shape index (κ3) is 2.52. The van der Waals surface area contributed by atoms with Gasteiger partial charge < -0.3 is 4.90 Å². The van der Waals surface area contributed by atoms with Crippen molar-refractivity contribution in [3.63, 3.8) is 0 Å². The molecule has 0 saturated carbocycles. The maximum atomic E-state index is 12.9. The Kier molecular flexibility index (Phi) is 3.71. The Balaban J connectivity index is 1.35. The second-order valence-electron chi connectivity index (χ2n) is 7.19. The van der Waals surface area contributed by atoms with Gasteiger partial charge in [-0.15, -0.1) is 0 Å². The van der Waals surface area contributed by atoms with E-state index in [1.54, 1.807) is 0 Å². The number of carbonyl (C=O) groups is 2. The minimum Gasteiger partial charge on any atom is -0.371 e. The molecule has 0 N–H and O–H groups in total. The standard InChI is InChI=1S/C23H20N2O2/c26-22-18-9-3-7-17-8-4-10-19(21(17)18)23(27)25(22)14-5-13-24-15-12-16-6-1-2-11-20(16)24/h1-4,6-11H,5,12-15H2. The van der Waals surface area contributed by atoms with Crippen LogP contribution < -0.4 is 4.90 Å². The van der Waals surface area contributed by atoms with Crippen LogP contribution in [0, 0.1) is 0 Å². The molecule has 4 nitrogen and oxygen atoms in total. The molecule has 0 bridgehead atoms. The number of nitrogens with zero attached hydrogens (tertiary/aromatic N) is 2. The first kappa shape index (κ1) is 16.1. The quantitative estimate of drug-likeness (QED) is 0.666. The first-order valence-electron chi connectivity index (χ1n) is 9.45.